The molecule has 0 spiro atoms. The largest absolute Gasteiger partial charge is 0.289 e. The van der Waals surface area contributed by atoms with Crippen molar-refractivity contribution in [3.8, 4) is 0 Å². The molecule has 2 heterocycles. The number of fused-ring (bicyclic) bond motifs is 2. The van der Waals surface area contributed by atoms with E-state index in [-0.39, 0.29) is 23.3 Å². The number of aryl methyl sites for hydroxylation is 1. The molecule has 2 amide bonds. The Balaban J connectivity index is 0.000000177. The van der Waals surface area contributed by atoms with Gasteiger partial charge in [-0.05, 0) is 133 Å². The Morgan fingerprint density at radius 2 is 1.19 bits per heavy atom. The normalized spacial score (nSPS) is 18.3. The standard InChI is InChI=1S/2C22H21F2N3O2/c1-14-18(3-2-4-19(14)24)22(21(28)26-29)10-9-20-16(11-22)12-25-27(20)13-15-5-7-17(23)8-6-15;1-14-18(3-2-4-19(14)24)22(21(28)26-29)10-9-20-16(11-22)13-27(25-20)12-15-5-7-17(23)8-6-15/h2-8,12,29H,9-11,13H2,1H3,(H,26,28);2-8,13,29H,9-12H2,1H3,(H,26,28). The van der Waals surface area contributed by atoms with Crippen LogP contribution in [0, 0.1) is 37.1 Å². The first-order valence-corrected chi connectivity index (χ1v) is 18.9. The lowest BCUT2D eigenvalue weighted by molar-refractivity contribution is -0.136. The highest BCUT2D eigenvalue weighted by Crippen LogP contribution is 2.42. The van der Waals surface area contributed by atoms with Gasteiger partial charge in [-0.15, -0.1) is 0 Å². The molecule has 0 fully saturated rings. The molecule has 0 saturated heterocycles. The first-order chi connectivity index (χ1) is 27.9. The van der Waals surface area contributed by atoms with Gasteiger partial charge in [-0.2, -0.15) is 10.2 Å². The Kier molecular flexibility index (Phi) is 11.3. The van der Waals surface area contributed by atoms with Crippen molar-refractivity contribution in [2.45, 2.75) is 76.3 Å². The van der Waals surface area contributed by atoms with Crippen molar-refractivity contribution in [2.24, 2.45) is 0 Å². The molecule has 0 aliphatic heterocycles. The summed E-state index contributed by atoms with van der Waals surface area (Å²) >= 11 is 0. The molecular formula is C44H42F4N6O4. The van der Waals surface area contributed by atoms with Crippen molar-refractivity contribution >= 4 is 11.8 Å². The number of amides is 2. The Hall–Kier alpha value is -6.12. The molecule has 0 saturated carbocycles. The molecule has 2 atom stereocenters. The number of benzene rings is 4. The van der Waals surface area contributed by atoms with Gasteiger partial charge in [0.2, 0.25) is 0 Å². The summed E-state index contributed by atoms with van der Waals surface area (Å²) in [5, 5.41) is 27.9. The summed E-state index contributed by atoms with van der Waals surface area (Å²) in [6.45, 7) is 4.26. The summed E-state index contributed by atoms with van der Waals surface area (Å²) in [5.41, 5.74) is 8.81. The third kappa shape index (κ3) is 7.64. The third-order valence-electron chi connectivity index (χ3n) is 11.7. The zero-order valence-electron chi connectivity index (χ0n) is 31.9. The van der Waals surface area contributed by atoms with Crippen LogP contribution in [0.5, 0.6) is 0 Å². The maximum Gasteiger partial charge on any atom is 0.254 e. The quantitative estimate of drug-likeness (QED) is 0.0753. The van der Waals surface area contributed by atoms with Crippen LogP contribution < -0.4 is 11.0 Å². The van der Waals surface area contributed by atoms with E-state index in [0.29, 0.717) is 73.9 Å². The first-order valence-electron chi connectivity index (χ1n) is 18.9. The fourth-order valence-electron chi connectivity index (χ4n) is 8.55. The minimum Gasteiger partial charge on any atom is -0.289 e. The summed E-state index contributed by atoms with van der Waals surface area (Å²) in [6.07, 6.45) is 6.08. The van der Waals surface area contributed by atoms with Crippen LogP contribution in [-0.2, 0) is 59.2 Å². The topological polar surface area (TPSA) is 134 Å². The Bertz CT molecular complexity index is 2400. The highest BCUT2D eigenvalue weighted by atomic mass is 19.1. The van der Waals surface area contributed by atoms with E-state index in [2.05, 4.69) is 10.2 Å². The van der Waals surface area contributed by atoms with E-state index in [1.807, 2.05) is 10.9 Å². The number of rotatable bonds is 8. The van der Waals surface area contributed by atoms with Gasteiger partial charge in [-0.3, -0.25) is 29.4 Å². The van der Waals surface area contributed by atoms with E-state index in [1.54, 1.807) is 84.2 Å². The molecule has 58 heavy (non-hydrogen) atoms. The highest BCUT2D eigenvalue weighted by molar-refractivity contribution is 5.89. The number of aromatic nitrogens is 4. The zero-order valence-corrected chi connectivity index (χ0v) is 31.9. The van der Waals surface area contributed by atoms with Gasteiger partial charge < -0.3 is 0 Å². The lowest BCUT2D eigenvalue weighted by Crippen LogP contribution is -2.47. The number of nitrogens with one attached hydrogen (secondary N) is 2. The van der Waals surface area contributed by atoms with Crippen molar-refractivity contribution in [3.05, 3.63) is 176 Å². The van der Waals surface area contributed by atoms with Gasteiger partial charge in [0.1, 0.15) is 23.3 Å². The van der Waals surface area contributed by atoms with Crippen LogP contribution in [0.3, 0.4) is 0 Å². The van der Waals surface area contributed by atoms with Crippen molar-refractivity contribution in [2.75, 3.05) is 0 Å². The minimum atomic E-state index is -1.07. The zero-order chi connectivity index (χ0) is 41.2. The smallest absolute Gasteiger partial charge is 0.254 e. The van der Waals surface area contributed by atoms with E-state index < -0.39 is 22.6 Å². The number of carbonyl (C=O) groups excluding carboxylic acids is 2. The molecule has 0 radical (unpaired) electrons. The monoisotopic (exact) mass is 794 g/mol. The molecule has 2 unspecified atom stereocenters. The number of hydroxylamine groups is 2. The Morgan fingerprint density at radius 1 is 0.690 bits per heavy atom. The molecule has 4 N–H and O–H groups in total. The highest BCUT2D eigenvalue weighted by Gasteiger charge is 2.46. The maximum absolute atomic E-state index is 14.2. The molecule has 6 aromatic rings. The molecule has 14 heteroatoms. The maximum atomic E-state index is 14.2. The molecule has 2 aliphatic carbocycles. The molecule has 4 aromatic carbocycles. The van der Waals surface area contributed by atoms with Gasteiger partial charge in [0.15, 0.2) is 0 Å². The second-order valence-corrected chi connectivity index (χ2v) is 15.1. The molecule has 300 valence electrons. The van der Waals surface area contributed by atoms with Crippen LogP contribution in [0.1, 0.15) is 68.7 Å². The fraction of sp³-hybridized carbons (Fsp3) is 0.273. The van der Waals surface area contributed by atoms with Crippen LogP contribution in [0.15, 0.2) is 97.3 Å². The minimum absolute atomic E-state index is 0.290. The number of halogens is 4. The van der Waals surface area contributed by atoms with Crippen LogP contribution in [0.25, 0.3) is 0 Å². The summed E-state index contributed by atoms with van der Waals surface area (Å²) in [7, 11) is 0. The van der Waals surface area contributed by atoms with Gasteiger partial charge in [0.05, 0.1) is 35.8 Å². The predicted molar refractivity (Wildman–Crippen MR) is 205 cm³/mol. The number of carbonyl (C=O) groups is 2. The Morgan fingerprint density at radius 3 is 1.72 bits per heavy atom. The molecule has 2 aromatic heterocycles. The van der Waals surface area contributed by atoms with E-state index in [1.165, 1.54) is 36.4 Å². The summed E-state index contributed by atoms with van der Waals surface area (Å²) in [5.74, 6) is -2.46. The van der Waals surface area contributed by atoms with Crippen LogP contribution in [-0.4, -0.2) is 41.8 Å². The first kappa shape index (κ1) is 40.1. The predicted octanol–water partition coefficient (Wildman–Crippen LogP) is 6.90. The second-order valence-electron chi connectivity index (χ2n) is 15.1. The van der Waals surface area contributed by atoms with Gasteiger partial charge >= 0.3 is 0 Å². The lowest BCUT2D eigenvalue weighted by Gasteiger charge is -2.36. The number of hydrogen-bond acceptors (Lipinski definition) is 6. The van der Waals surface area contributed by atoms with Gasteiger partial charge in [-0.1, -0.05) is 48.5 Å². The van der Waals surface area contributed by atoms with E-state index in [4.69, 9.17) is 0 Å². The number of hydrogen-bond donors (Lipinski definition) is 4. The Labute approximate surface area is 332 Å². The van der Waals surface area contributed by atoms with Crippen molar-refractivity contribution in [3.63, 3.8) is 0 Å². The third-order valence-corrected chi connectivity index (χ3v) is 11.7. The molecule has 0 bridgehead atoms. The van der Waals surface area contributed by atoms with Crippen LogP contribution in [0.4, 0.5) is 17.6 Å². The SMILES string of the molecule is Cc1c(F)cccc1C1(C(=O)NO)CCc2c(cnn2Cc2ccc(F)cc2)C1.Cc1c(F)cccc1C1(C(=O)NO)CCc2nn(Cc3ccc(F)cc3)cc2C1. The molecule has 8 rings (SSSR count). The fourth-order valence-corrected chi connectivity index (χ4v) is 8.55. The van der Waals surface area contributed by atoms with Gasteiger partial charge in [-0.25, -0.2) is 28.5 Å². The number of nitrogens with zero attached hydrogens (tertiary/aromatic N) is 4. The van der Waals surface area contributed by atoms with E-state index in [9.17, 15) is 37.6 Å². The molecular weight excluding hydrogens is 753 g/mol. The second kappa shape index (κ2) is 16.4. The average molecular weight is 795 g/mol. The van der Waals surface area contributed by atoms with Crippen LogP contribution >= 0.6 is 0 Å². The van der Waals surface area contributed by atoms with Crippen molar-refractivity contribution in [1.82, 2.24) is 30.5 Å². The lowest BCUT2D eigenvalue weighted by atomic mass is 9.67. The average Bonchev–Trinajstić information content (AvgIpc) is 3.83. The summed E-state index contributed by atoms with van der Waals surface area (Å²) < 4.78 is 58.3. The van der Waals surface area contributed by atoms with E-state index in [0.717, 1.165) is 33.6 Å². The van der Waals surface area contributed by atoms with Crippen molar-refractivity contribution in [1.29, 1.82) is 0 Å². The molecule has 10 nitrogen and oxygen atoms in total. The molecule has 2 aliphatic rings. The van der Waals surface area contributed by atoms with Crippen molar-refractivity contribution < 1.29 is 37.6 Å². The van der Waals surface area contributed by atoms with Gasteiger partial charge in [0, 0.05) is 11.9 Å². The summed E-state index contributed by atoms with van der Waals surface area (Å²) in [6, 6.07) is 21.8. The van der Waals surface area contributed by atoms with E-state index >= 15 is 0 Å². The summed E-state index contributed by atoms with van der Waals surface area (Å²) in [4.78, 5) is 25.5. The van der Waals surface area contributed by atoms with Gasteiger partial charge in [0.25, 0.3) is 11.8 Å². The van der Waals surface area contributed by atoms with Crippen LogP contribution in [0.2, 0.25) is 0 Å².